The third-order valence-corrected chi connectivity index (χ3v) is 3.27. The Balaban J connectivity index is 2.21. The first-order valence-electron chi connectivity index (χ1n) is 5.79. The van der Waals surface area contributed by atoms with Gasteiger partial charge in [-0.15, -0.1) is 0 Å². The Morgan fingerprint density at radius 3 is 2.50 bits per heavy atom. The summed E-state index contributed by atoms with van der Waals surface area (Å²) in [5.41, 5.74) is 0.673. The number of nitrogens with zero attached hydrogens (tertiary/aromatic N) is 1. The van der Waals surface area contributed by atoms with Crippen molar-refractivity contribution in [1.82, 2.24) is 4.90 Å². The smallest absolute Gasteiger partial charge is 0.232 e. The molecular formula is C14H18NO. The van der Waals surface area contributed by atoms with E-state index < -0.39 is 5.41 Å². The van der Waals surface area contributed by atoms with Gasteiger partial charge in [-0.1, -0.05) is 30.3 Å². The van der Waals surface area contributed by atoms with Crippen LogP contribution in [0.3, 0.4) is 0 Å². The molecule has 0 atom stereocenters. The largest absolute Gasteiger partial charge is 0.342 e. The first kappa shape index (κ1) is 11.2. The summed E-state index contributed by atoms with van der Waals surface area (Å²) in [5, 5.41) is 0. The van der Waals surface area contributed by atoms with Crippen molar-refractivity contribution in [2.45, 2.75) is 25.7 Å². The number of likely N-dealkylation sites (tertiary alicyclic amines) is 1. The molecule has 16 heavy (non-hydrogen) atoms. The Labute approximate surface area is 97.3 Å². The van der Waals surface area contributed by atoms with E-state index in [-0.39, 0.29) is 5.91 Å². The molecule has 0 bridgehead atoms. The second-order valence-electron chi connectivity index (χ2n) is 4.82. The van der Waals surface area contributed by atoms with Crippen molar-refractivity contribution in [3.8, 4) is 0 Å². The number of hydrogen-bond acceptors (Lipinski definition) is 1. The molecule has 1 aliphatic rings. The van der Waals surface area contributed by atoms with Crippen LogP contribution in [-0.2, 0) is 10.2 Å². The zero-order chi connectivity index (χ0) is 11.6. The molecule has 1 radical (unpaired) electrons. The highest BCUT2D eigenvalue weighted by atomic mass is 16.2. The fourth-order valence-corrected chi connectivity index (χ4v) is 2.14. The molecule has 1 aromatic carbocycles. The van der Waals surface area contributed by atoms with Gasteiger partial charge in [-0.2, -0.15) is 0 Å². The van der Waals surface area contributed by atoms with Crippen molar-refractivity contribution in [2.24, 2.45) is 0 Å². The summed E-state index contributed by atoms with van der Waals surface area (Å²) in [4.78, 5) is 14.3. The minimum absolute atomic E-state index is 0.229. The minimum Gasteiger partial charge on any atom is -0.342 e. The summed E-state index contributed by atoms with van der Waals surface area (Å²) >= 11 is 0. The minimum atomic E-state index is -0.417. The van der Waals surface area contributed by atoms with E-state index >= 15 is 0 Å². The number of hydrogen-bond donors (Lipinski definition) is 0. The topological polar surface area (TPSA) is 20.3 Å². The van der Waals surface area contributed by atoms with E-state index in [1.165, 1.54) is 0 Å². The fraction of sp³-hybridized carbons (Fsp3) is 0.429. The molecule has 1 amide bonds. The van der Waals surface area contributed by atoms with Gasteiger partial charge in [0.05, 0.1) is 5.41 Å². The van der Waals surface area contributed by atoms with E-state index in [1.807, 2.05) is 49.1 Å². The SMILES string of the molecule is CC(C)(C(=O)N1C[CH]CC1)c1ccccc1. The average Bonchev–Trinajstić information content (AvgIpc) is 2.82. The van der Waals surface area contributed by atoms with Crippen LogP contribution in [0.15, 0.2) is 30.3 Å². The number of carbonyl (C=O) groups excluding carboxylic acids is 1. The lowest BCUT2D eigenvalue weighted by atomic mass is 9.83. The third-order valence-electron chi connectivity index (χ3n) is 3.27. The van der Waals surface area contributed by atoms with Crippen LogP contribution in [-0.4, -0.2) is 23.9 Å². The molecule has 85 valence electrons. The molecule has 2 heteroatoms. The summed E-state index contributed by atoms with van der Waals surface area (Å²) in [5.74, 6) is 0.229. The van der Waals surface area contributed by atoms with Crippen LogP contribution in [0, 0.1) is 6.42 Å². The normalized spacial score (nSPS) is 16.5. The highest BCUT2D eigenvalue weighted by Gasteiger charge is 2.34. The number of rotatable bonds is 2. The summed E-state index contributed by atoms with van der Waals surface area (Å²) in [6.07, 6.45) is 3.19. The third kappa shape index (κ3) is 1.97. The maximum atomic E-state index is 12.4. The van der Waals surface area contributed by atoms with Crippen molar-refractivity contribution in [1.29, 1.82) is 0 Å². The van der Waals surface area contributed by atoms with Gasteiger partial charge in [0, 0.05) is 13.1 Å². The Hall–Kier alpha value is -1.31. The van der Waals surface area contributed by atoms with Crippen LogP contribution in [0.5, 0.6) is 0 Å². The molecule has 2 nitrogen and oxygen atoms in total. The lowest BCUT2D eigenvalue weighted by Gasteiger charge is -2.29. The zero-order valence-corrected chi connectivity index (χ0v) is 9.94. The Kier molecular flexibility index (Phi) is 2.99. The van der Waals surface area contributed by atoms with E-state index in [9.17, 15) is 4.79 Å². The summed E-state index contributed by atoms with van der Waals surface area (Å²) < 4.78 is 0. The summed E-state index contributed by atoms with van der Waals surface area (Å²) in [7, 11) is 0. The molecule has 1 saturated heterocycles. The average molecular weight is 216 g/mol. The van der Waals surface area contributed by atoms with E-state index in [0.29, 0.717) is 0 Å². The highest BCUT2D eigenvalue weighted by molar-refractivity contribution is 5.87. The maximum Gasteiger partial charge on any atom is 0.232 e. The molecule has 1 fully saturated rings. The van der Waals surface area contributed by atoms with Crippen molar-refractivity contribution >= 4 is 5.91 Å². The van der Waals surface area contributed by atoms with Gasteiger partial charge in [-0.25, -0.2) is 0 Å². The van der Waals surface area contributed by atoms with Crippen molar-refractivity contribution in [3.05, 3.63) is 42.3 Å². The van der Waals surface area contributed by atoms with Gasteiger partial charge in [0.1, 0.15) is 0 Å². The number of carbonyl (C=O) groups is 1. The van der Waals surface area contributed by atoms with Gasteiger partial charge < -0.3 is 4.90 Å². The Morgan fingerprint density at radius 1 is 1.25 bits per heavy atom. The zero-order valence-electron chi connectivity index (χ0n) is 9.94. The predicted molar refractivity (Wildman–Crippen MR) is 65.0 cm³/mol. The fourth-order valence-electron chi connectivity index (χ4n) is 2.14. The lowest BCUT2D eigenvalue weighted by molar-refractivity contribution is -0.135. The first-order valence-corrected chi connectivity index (χ1v) is 5.79. The van der Waals surface area contributed by atoms with Gasteiger partial charge in [-0.3, -0.25) is 4.79 Å². The summed E-state index contributed by atoms with van der Waals surface area (Å²) in [6, 6.07) is 10.0. The molecule has 0 saturated carbocycles. The predicted octanol–water partition coefficient (Wildman–Crippen LogP) is 2.40. The van der Waals surface area contributed by atoms with Gasteiger partial charge in [0.25, 0.3) is 0 Å². The standard InChI is InChI=1S/C14H18NO/c1-14(2,12-8-4-3-5-9-12)13(16)15-10-6-7-11-15/h3-6,8-9H,7,10-11H2,1-2H3. The molecule has 1 heterocycles. The molecule has 0 aliphatic carbocycles. The van der Waals surface area contributed by atoms with E-state index in [1.54, 1.807) is 0 Å². The van der Waals surface area contributed by atoms with Crippen molar-refractivity contribution in [3.63, 3.8) is 0 Å². The molecule has 1 aromatic rings. The quantitative estimate of drug-likeness (QED) is 0.743. The van der Waals surface area contributed by atoms with E-state index in [0.717, 1.165) is 25.1 Å². The van der Waals surface area contributed by atoms with E-state index in [2.05, 4.69) is 6.42 Å². The Morgan fingerprint density at radius 2 is 1.94 bits per heavy atom. The monoisotopic (exact) mass is 216 g/mol. The molecule has 0 spiro atoms. The van der Waals surface area contributed by atoms with Crippen LogP contribution in [0.2, 0.25) is 0 Å². The number of amides is 1. The number of benzene rings is 1. The summed E-state index contributed by atoms with van der Waals surface area (Å²) in [6.45, 7) is 5.68. The molecule has 0 unspecified atom stereocenters. The van der Waals surface area contributed by atoms with Gasteiger partial charge in [0.2, 0.25) is 5.91 Å². The highest BCUT2D eigenvalue weighted by Crippen LogP contribution is 2.26. The van der Waals surface area contributed by atoms with Gasteiger partial charge in [0.15, 0.2) is 0 Å². The van der Waals surface area contributed by atoms with Gasteiger partial charge in [-0.05, 0) is 32.3 Å². The van der Waals surface area contributed by atoms with Crippen LogP contribution in [0.1, 0.15) is 25.8 Å². The second-order valence-corrected chi connectivity index (χ2v) is 4.82. The van der Waals surface area contributed by atoms with Crippen LogP contribution in [0.4, 0.5) is 0 Å². The van der Waals surface area contributed by atoms with Crippen LogP contribution < -0.4 is 0 Å². The van der Waals surface area contributed by atoms with Crippen molar-refractivity contribution < 1.29 is 4.79 Å². The lowest BCUT2D eigenvalue weighted by Crippen LogP contribution is -2.41. The first-order chi connectivity index (χ1) is 7.62. The second kappa shape index (κ2) is 4.28. The van der Waals surface area contributed by atoms with Crippen LogP contribution >= 0.6 is 0 Å². The van der Waals surface area contributed by atoms with Crippen LogP contribution in [0.25, 0.3) is 0 Å². The molecule has 0 N–H and O–H groups in total. The van der Waals surface area contributed by atoms with Crippen molar-refractivity contribution in [2.75, 3.05) is 13.1 Å². The molecule has 0 aromatic heterocycles. The van der Waals surface area contributed by atoms with Gasteiger partial charge >= 0.3 is 0 Å². The molecule has 1 aliphatic heterocycles. The Bertz CT molecular complexity index is 364. The maximum absolute atomic E-state index is 12.4. The van der Waals surface area contributed by atoms with E-state index in [4.69, 9.17) is 0 Å². The molecular weight excluding hydrogens is 198 g/mol. The molecule has 2 rings (SSSR count).